The van der Waals surface area contributed by atoms with Crippen molar-refractivity contribution in [3.8, 4) is 0 Å². The molecule has 0 atom stereocenters. The molecule has 2 aromatic rings. The van der Waals surface area contributed by atoms with Gasteiger partial charge in [-0.05, 0) is 62.4 Å². The highest BCUT2D eigenvalue weighted by atomic mass is 32.2. The quantitative estimate of drug-likeness (QED) is 0.611. The lowest BCUT2D eigenvalue weighted by atomic mass is 10.0. The molecule has 0 saturated heterocycles. The van der Waals surface area contributed by atoms with Gasteiger partial charge in [-0.15, -0.1) is 0 Å². The Morgan fingerprint density at radius 3 is 1.36 bits per heavy atom. The SMILES string of the molecule is CC(C)S(=O)(=O)NCCc1ccc2cc(CCNS(=O)(=O)C(C)C)ccc2c1. The van der Waals surface area contributed by atoms with Gasteiger partial charge in [-0.2, -0.15) is 0 Å². The van der Waals surface area contributed by atoms with Crippen LogP contribution in [0.15, 0.2) is 36.4 Å². The van der Waals surface area contributed by atoms with Crippen LogP contribution < -0.4 is 9.44 Å². The Bertz CT molecular complexity index is 930. The smallest absolute Gasteiger partial charge is 0.213 e. The van der Waals surface area contributed by atoms with Crippen molar-refractivity contribution in [2.75, 3.05) is 13.1 Å². The van der Waals surface area contributed by atoms with E-state index in [4.69, 9.17) is 0 Å². The highest BCUT2D eigenvalue weighted by molar-refractivity contribution is 7.90. The Morgan fingerprint density at radius 2 is 1.04 bits per heavy atom. The normalized spacial score (nSPS) is 12.9. The third kappa shape index (κ3) is 6.27. The molecule has 0 bridgehead atoms. The summed E-state index contributed by atoms with van der Waals surface area (Å²) >= 11 is 0. The van der Waals surface area contributed by atoms with E-state index in [-0.39, 0.29) is 0 Å². The minimum atomic E-state index is -3.24. The monoisotopic (exact) mass is 426 g/mol. The summed E-state index contributed by atoms with van der Waals surface area (Å²) in [5.41, 5.74) is 2.13. The van der Waals surface area contributed by atoms with Gasteiger partial charge in [-0.1, -0.05) is 36.4 Å². The van der Waals surface area contributed by atoms with Gasteiger partial charge in [0.2, 0.25) is 20.0 Å². The standard InChI is InChI=1S/C20H30N2O4S2/c1-15(2)27(23,24)21-11-9-17-5-7-20-14-18(6-8-19(20)13-17)10-12-22-28(25,26)16(3)4/h5-8,13-16,21-22H,9-12H2,1-4H3. The maximum Gasteiger partial charge on any atom is 0.213 e. The van der Waals surface area contributed by atoms with Crippen LogP contribution in [0.2, 0.25) is 0 Å². The average Bonchev–Trinajstić information content (AvgIpc) is 2.61. The molecule has 0 amide bonds. The number of hydrogen-bond acceptors (Lipinski definition) is 4. The minimum absolute atomic E-state index is 0.375. The maximum atomic E-state index is 11.8. The molecule has 0 aliphatic rings. The molecule has 28 heavy (non-hydrogen) atoms. The van der Waals surface area contributed by atoms with E-state index in [1.165, 1.54) is 0 Å². The van der Waals surface area contributed by atoms with Crippen molar-refractivity contribution in [2.45, 2.75) is 51.0 Å². The zero-order chi connectivity index (χ0) is 20.9. The zero-order valence-corrected chi connectivity index (χ0v) is 18.5. The van der Waals surface area contributed by atoms with Crippen molar-refractivity contribution in [1.29, 1.82) is 0 Å². The summed E-state index contributed by atoms with van der Waals surface area (Å²) < 4.78 is 52.5. The molecule has 6 nitrogen and oxygen atoms in total. The number of rotatable bonds is 10. The first-order valence-corrected chi connectivity index (χ1v) is 12.6. The summed E-state index contributed by atoms with van der Waals surface area (Å²) in [7, 11) is -6.48. The fourth-order valence-corrected chi connectivity index (χ4v) is 4.10. The Balaban J connectivity index is 1.98. The third-order valence-electron chi connectivity index (χ3n) is 4.64. The molecule has 0 spiro atoms. The van der Waals surface area contributed by atoms with Crippen molar-refractivity contribution in [2.24, 2.45) is 0 Å². The van der Waals surface area contributed by atoms with Crippen LogP contribution in [0.25, 0.3) is 10.8 Å². The molecule has 0 fully saturated rings. The first kappa shape index (κ1) is 22.8. The fraction of sp³-hybridized carbons (Fsp3) is 0.500. The Kier molecular flexibility index (Phi) is 7.61. The van der Waals surface area contributed by atoms with E-state index >= 15 is 0 Å². The molecule has 2 N–H and O–H groups in total. The molecule has 2 rings (SSSR count). The first-order chi connectivity index (χ1) is 13.0. The Morgan fingerprint density at radius 1 is 0.679 bits per heavy atom. The molecule has 0 heterocycles. The van der Waals surface area contributed by atoms with Gasteiger partial charge in [-0.25, -0.2) is 26.3 Å². The predicted octanol–water partition coefficient (Wildman–Crippen LogP) is 2.58. The molecule has 0 aliphatic heterocycles. The van der Waals surface area contributed by atoms with Gasteiger partial charge in [0.25, 0.3) is 0 Å². The van der Waals surface area contributed by atoms with Crippen LogP contribution in [-0.4, -0.2) is 40.4 Å². The van der Waals surface area contributed by atoms with Crippen LogP contribution in [0, 0.1) is 0 Å². The van der Waals surface area contributed by atoms with E-state index in [0.29, 0.717) is 25.9 Å². The molecule has 0 radical (unpaired) electrons. The molecule has 8 heteroatoms. The van der Waals surface area contributed by atoms with Crippen LogP contribution in [-0.2, 0) is 32.9 Å². The van der Waals surface area contributed by atoms with Gasteiger partial charge in [0, 0.05) is 13.1 Å². The molecule has 0 saturated carbocycles. The predicted molar refractivity (Wildman–Crippen MR) is 115 cm³/mol. The van der Waals surface area contributed by atoms with Gasteiger partial charge in [0.05, 0.1) is 10.5 Å². The van der Waals surface area contributed by atoms with E-state index < -0.39 is 30.5 Å². The van der Waals surface area contributed by atoms with Gasteiger partial charge in [0.15, 0.2) is 0 Å². The lowest BCUT2D eigenvalue weighted by Gasteiger charge is -2.11. The third-order valence-corrected chi connectivity index (χ3v) is 8.34. The number of nitrogens with one attached hydrogen (secondary N) is 2. The second-order valence-corrected chi connectivity index (χ2v) is 12.1. The summed E-state index contributed by atoms with van der Waals surface area (Å²) in [4.78, 5) is 0. The van der Waals surface area contributed by atoms with Gasteiger partial charge < -0.3 is 0 Å². The van der Waals surface area contributed by atoms with Gasteiger partial charge in [0.1, 0.15) is 0 Å². The molecule has 156 valence electrons. The summed E-state index contributed by atoms with van der Waals surface area (Å²) in [5, 5.41) is 1.28. The summed E-state index contributed by atoms with van der Waals surface area (Å²) in [6.07, 6.45) is 1.25. The topological polar surface area (TPSA) is 92.3 Å². The van der Waals surface area contributed by atoms with Crippen molar-refractivity contribution in [1.82, 2.24) is 9.44 Å². The van der Waals surface area contributed by atoms with E-state index in [2.05, 4.69) is 21.6 Å². The van der Waals surface area contributed by atoms with Gasteiger partial charge >= 0.3 is 0 Å². The largest absolute Gasteiger partial charge is 0.215 e. The number of fused-ring (bicyclic) bond motifs is 1. The highest BCUT2D eigenvalue weighted by Crippen LogP contribution is 2.19. The first-order valence-electron chi connectivity index (χ1n) is 9.50. The van der Waals surface area contributed by atoms with E-state index in [0.717, 1.165) is 21.9 Å². The van der Waals surface area contributed by atoms with Crippen LogP contribution in [0.3, 0.4) is 0 Å². The highest BCUT2D eigenvalue weighted by Gasteiger charge is 2.15. The fourth-order valence-electron chi connectivity index (χ4n) is 2.66. The van der Waals surface area contributed by atoms with E-state index in [1.54, 1.807) is 27.7 Å². The summed E-state index contributed by atoms with van der Waals surface area (Å²) in [6.45, 7) is 7.38. The maximum absolute atomic E-state index is 11.8. The molecular formula is C20H30N2O4S2. The van der Waals surface area contributed by atoms with Crippen molar-refractivity contribution >= 4 is 30.8 Å². The lowest BCUT2D eigenvalue weighted by Crippen LogP contribution is -2.32. The Labute approximate surface area is 168 Å². The van der Waals surface area contributed by atoms with Crippen molar-refractivity contribution in [3.63, 3.8) is 0 Å². The lowest BCUT2D eigenvalue weighted by molar-refractivity contribution is 0.571. The molecule has 0 aliphatic carbocycles. The average molecular weight is 427 g/mol. The zero-order valence-electron chi connectivity index (χ0n) is 16.9. The van der Waals surface area contributed by atoms with Gasteiger partial charge in [-0.3, -0.25) is 0 Å². The molecule has 0 unspecified atom stereocenters. The van der Waals surface area contributed by atoms with Crippen molar-refractivity contribution in [3.05, 3.63) is 47.5 Å². The Hall–Kier alpha value is -1.48. The second-order valence-electron chi connectivity index (χ2n) is 7.49. The number of hydrogen-bond donors (Lipinski definition) is 2. The second kappa shape index (κ2) is 9.35. The number of sulfonamides is 2. The summed E-state index contributed by atoms with van der Waals surface area (Å²) in [5.74, 6) is 0. The summed E-state index contributed by atoms with van der Waals surface area (Å²) in [6, 6.07) is 12.1. The number of benzene rings is 2. The van der Waals surface area contributed by atoms with Crippen LogP contribution in [0.1, 0.15) is 38.8 Å². The van der Waals surface area contributed by atoms with Crippen LogP contribution >= 0.6 is 0 Å². The van der Waals surface area contributed by atoms with Crippen LogP contribution in [0.4, 0.5) is 0 Å². The molecule has 2 aromatic carbocycles. The molecular weight excluding hydrogens is 396 g/mol. The molecule has 0 aromatic heterocycles. The van der Waals surface area contributed by atoms with Crippen molar-refractivity contribution < 1.29 is 16.8 Å². The van der Waals surface area contributed by atoms with Crippen LogP contribution in [0.5, 0.6) is 0 Å². The van der Waals surface area contributed by atoms with E-state index in [1.807, 2.05) is 24.3 Å². The van der Waals surface area contributed by atoms with E-state index in [9.17, 15) is 16.8 Å². The minimum Gasteiger partial charge on any atom is -0.215 e.